The van der Waals surface area contributed by atoms with Gasteiger partial charge in [0.2, 0.25) is 0 Å². The van der Waals surface area contributed by atoms with Crippen molar-refractivity contribution in [3.05, 3.63) is 52.7 Å². The van der Waals surface area contributed by atoms with Crippen molar-refractivity contribution in [1.29, 1.82) is 0 Å². The Morgan fingerprint density at radius 3 is 3.12 bits per heavy atom. The number of rotatable bonds is 2. The first-order valence-corrected chi connectivity index (χ1v) is 5.65. The third-order valence-electron chi connectivity index (χ3n) is 2.35. The third kappa shape index (κ3) is 1.33. The fraction of sp³-hybridized carbons (Fsp3) is 0. The zero-order valence-electron chi connectivity index (χ0n) is 8.20. The van der Waals surface area contributed by atoms with E-state index < -0.39 is 0 Å². The summed E-state index contributed by atoms with van der Waals surface area (Å²) in [7, 11) is 0. The first-order valence-electron chi connectivity index (χ1n) is 4.70. The van der Waals surface area contributed by atoms with Gasteiger partial charge in [-0.1, -0.05) is 0 Å². The predicted molar refractivity (Wildman–Crippen MR) is 60.7 cm³/mol. The summed E-state index contributed by atoms with van der Waals surface area (Å²) in [6, 6.07) is 1.81. The molecule has 0 aromatic carbocycles. The molecule has 0 saturated carbocycles. The number of thiophene rings is 1. The highest BCUT2D eigenvalue weighted by Crippen LogP contribution is 2.16. The Labute approximate surface area is 95.2 Å². The number of hydrogen-bond donors (Lipinski definition) is 0. The zero-order chi connectivity index (χ0) is 11.0. The quantitative estimate of drug-likeness (QED) is 0.632. The molecular formula is C11H7N3OS. The molecule has 0 N–H and O–H groups in total. The fourth-order valence-corrected chi connectivity index (χ4v) is 2.19. The molecule has 0 fully saturated rings. The Balaban J connectivity index is 2.16. The van der Waals surface area contributed by atoms with Crippen LogP contribution in [0.1, 0.15) is 15.9 Å². The van der Waals surface area contributed by atoms with E-state index in [2.05, 4.69) is 10.1 Å². The van der Waals surface area contributed by atoms with Crippen molar-refractivity contribution < 1.29 is 4.79 Å². The molecule has 0 spiro atoms. The summed E-state index contributed by atoms with van der Waals surface area (Å²) in [6.07, 6.45) is 6.59. The van der Waals surface area contributed by atoms with Crippen LogP contribution in [0.3, 0.4) is 0 Å². The Hall–Kier alpha value is -2.01. The van der Waals surface area contributed by atoms with Gasteiger partial charge in [0.05, 0.1) is 23.5 Å². The lowest BCUT2D eigenvalue weighted by atomic mass is 10.1. The minimum atomic E-state index is -0.00995. The normalized spacial score (nSPS) is 10.8. The highest BCUT2D eigenvalue weighted by atomic mass is 32.1. The molecule has 0 aliphatic heterocycles. The van der Waals surface area contributed by atoms with Crippen molar-refractivity contribution in [2.24, 2.45) is 0 Å². The second-order valence-electron chi connectivity index (χ2n) is 3.31. The van der Waals surface area contributed by atoms with Crippen LogP contribution in [0, 0.1) is 0 Å². The third-order valence-corrected chi connectivity index (χ3v) is 3.04. The van der Waals surface area contributed by atoms with Gasteiger partial charge in [-0.15, -0.1) is 0 Å². The second kappa shape index (κ2) is 3.53. The summed E-state index contributed by atoms with van der Waals surface area (Å²) >= 11 is 1.51. The lowest BCUT2D eigenvalue weighted by Gasteiger charge is -1.95. The number of ketones is 1. The van der Waals surface area contributed by atoms with Gasteiger partial charge >= 0.3 is 0 Å². The molecule has 78 valence electrons. The molecular weight excluding hydrogens is 222 g/mol. The smallest absolute Gasteiger partial charge is 0.197 e. The van der Waals surface area contributed by atoms with Crippen molar-refractivity contribution >= 4 is 22.6 Å². The molecule has 0 bridgehead atoms. The van der Waals surface area contributed by atoms with E-state index in [0.717, 1.165) is 5.52 Å². The van der Waals surface area contributed by atoms with Crippen LogP contribution < -0.4 is 0 Å². The SMILES string of the molecule is O=C(c1ccsc1)c1cnn2ccncc12. The summed E-state index contributed by atoms with van der Waals surface area (Å²) in [5, 5.41) is 7.83. The standard InChI is InChI=1S/C11H7N3OS/c15-11(8-1-4-16-7-8)9-5-13-14-3-2-12-6-10(9)14/h1-7H. The molecule has 3 aromatic rings. The highest BCUT2D eigenvalue weighted by molar-refractivity contribution is 7.08. The number of carbonyl (C=O) groups excluding carboxylic acids is 1. The highest BCUT2D eigenvalue weighted by Gasteiger charge is 2.14. The van der Waals surface area contributed by atoms with E-state index in [1.807, 2.05) is 16.8 Å². The van der Waals surface area contributed by atoms with Crippen molar-refractivity contribution in [3.8, 4) is 0 Å². The van der Waals surface area contributed by atoms with E-state index in [0.29, 0.717) is 11.1 Å². The lowest BCUT2D eigenvalue weighted by Crippen LogP contribution is -1.99. The molecule has 3 heterocycles. The first kappa shape index (κ1) is 9.23. The minimum Gasteiger partial charge on any atom is -0.288 e. The summed E-state index contributed by atoms with van der Waals surface area (Å²) in [5.41, 5.74) is 2.02. The minimum absolute atomic E-state index is 0.00995. The van der Waals surface area contributed by atoms with Crippen LogP contribution >= 0.6 is 11.3 Å². The van der Waals surface area contributed by atoms with Crippen molar-refractivity contribution in [2.45, 2.75) is 0 Å². The van der Waals surface area contributed by atoms with Crippen LogP contribution in [0.4, 0.5) is 0 Å². The maximum atomic E-state index is 12.1. The van der Waals surface area contributed by atoms with Gasteiger partial charge in [0.15, 0.2) is 5.78 Å². The van der Waals surface area contributed by atoms with Crippen LogP contribution in [0.15, 0.2) is 41.6 Å². The summed E-state index contributed by atoms with van der Waals surface area (Å²) in [4.78, 5) is 16.1. The van der Waals surface area contributed by atoms with Crippen LogP contribution in [-0.2, 0) is 0 Å². The Morgan fingerprint density at radius 2 is 2.31 bits per heavy atom. The van der Waals surface area contributed by atoms with Crippen LogP contribution in [0.2, 0.25) is 0 Å². The van der Waals surface area contributed by atoms with Gasteiger partial charge in [0.25, 0.3) is 0 Å². The van der Waals surface area contributed by atoms with Crippen LogP contribution in [0.25, 0.3) is 5.52 Å². The van der Waals surface area contributed by atoms with Crippen LogP contribution in [-0.4, -0.2) is 20.4 Å². The molecule has 0 aliphatic rings. The average molecular weight is 229 g/mol. The fourth-order valence-electron chi connectivity index (χ4n) is 1.56. The molecule has 5 heteroatoms. The molecule has 0 aliphatic carbocycles. The molecule has 0 amide bonds. The number of aromatic nitrogens is 3. The molecule has 0 unspecified atom stereocenters. The lowest BCUT2D eigenvalue weighted by molar-refractivity contribution is 0.104. The van der Waals surface area contributed by atoms with Gasteiger partial charge in [-0.3, -0.25) is 9.78 Å². The average Bonchev–Trinajstić information content (AvgIpc) is 2.98. The van der Waals surface area contributed by atoms with Crippen molar-refractivity contribution in [1.82, 2.24) is 14.6 Å². The van der Waals surface area contributed by atoms with Gasteiger partial charge in [-0.25, -0.2) is 4.52 Å². The van der Waals surface area contributed by atoms with E-state index >= 15 is 0 Å². The van der Waals surface area contributed by atoms with E-state index in [1.54, 1.807) is 29.3 Å². The second-order valence-corrected chi connectivity index (χ2v) is 4.09. The van der Waals surface area contributed by atoms with Gasteiger partial charge in [0.1, 0.15) is 0 Å². The van der Waals surface area contributed by atoms with Gasteiger partial charge < -0.3 is 0 Å². The van der Waals surface area contributed by atoms with E-state index in [4.69, 9.17) is 0 Å². The molecule has 0 radical (unpaired) electrons. The summed E-state index contributed by atoms with van der Waals surface area (Å²) in [6.45, 7) is 0. The Bertz CT molecular complexity index is 642. The Morgan fingerprint density at radius 1 is 1.38 bits per heavy atom. The van der Waals surface area contributed by atoms with Gasteiger partial charge in [-0.2, -0.15) is 16.4 Å². The number of fused-ring (bicyclic) bond motifs is 1. The molecule has 3 aromatic heterocycles. The predicted octanol–water partition coefficient (Wildman–Crippen LogP) is 2.02. The first-order chi connectivity index (χ1) is 7.86. The summed E-state index contributed by atoms with van der Waals surface area (Å²) in [5.74, 6) is -0.00995. The largest absolute Gasteiger partial charge is 0.288 e. The number of nitrogens with zero attached hydrogens (tertiary/aromatic N) is 3. The van der Waals surface area contributed by atoms with Crippen LogP contribution in [0.5, 0.6) is 0 Å². The maximum Gasteiger partial charge on any atom is 0.197 e. The number of hydrogen-bond acceptors (Lipinski definition) is 4. The monoisotopic (exact) mass is 229 g/mol. The van der Waals surface area contributed by atoms with Crippen molar-refractivity contribution in [3.63, 3.8) is 0 Å². The van der Waals surface area contributed by atoms with Gasteiger partial charge in [0, 0.05) is 23.3 Å². The van der Waals surface area contributed by atoms with E-state index in [1.165, 1.54) is 11.3 Å². The maximum absolute atomic E-state index is 12.1. The molecule has 3 rings (SSSR count). The van der Waals surface area contributed by atoms with E-state index in [-0.39, 0.29) is 5.78 Å². The Kier molecular flexibility index (Phi) is 2.04. The summed E-state index contributed by atoms with van der Waals surface area (Å²) < 4.78 is 1.65. The molecule has 0 saturated heterocycles. The topological polar surface area (TPSA) is 47.3 Å². The zero-order valence-corrected chi connectivity index (χ0v) is 9.02. The van der Waals surface area contributed by atoms with E-state index in [9.17, 15) is 4.79 Å². The molecule has 0 atom stereocenters. The van der Waals surface area contributed by atoms with Gasteiger partial charge in [-0.05, 0) is 11.4 Å². The molecule has 16 heavy (non-hydrogen) atoms. The molecule has 4 nitrogen and oxygen atoms in total. The van der Waals surface area contributed by atoms with Crippen molar-refractivity contribution in [2.75, 3.05) is 0 Å². The number of carbonyl (C=O) groups is 1.